The third-order valence-corrected chi connectivity index (χ3v) is 7.43. The van der Waals surface area contributed by atoms with Crippen molar-refractivity contribution in [3.8, 4) is 5.75 Å². The lowest BCUT2D eigenvalue weighted by Gasteiger charge is -2.21. The fraction of sp³-hybridized carbons (Fsp3) is 0.333. The number of rotatable bonds is 8. The van der Waals surface area contributed by atoms with Crippen molar-refractivity contribution in [3.05, 3.63) is 88.2 Å². The number of nitrogens with zero attached hydrogens (tertiary/aromatic N) is 2. The van der Waals surface area contributed by atoms with E-state index in [2.05, 4.69) is 53.7 Å². The maximum Gasteiger partial charge on any atom is 0.185 e. The van der Waals surface area contributed by atoms with Crippen LogP contribution in [0.15, 0.2) is 70.7 Å². The van der Waals surface area contributed by atoms with Gasteiger partial charge >= 0.3 is 0 Å². The van der Waals surface area contributed by atoms with Gasteiger partial charge in [0.2, 0.25) is 0 Å². The smallest absolute Gasteiger partial charge is 0.185 e. The highest BCUT2D eigenvalue weighted by molar-refractivity contribution is 7.98. The molecule has 0 fully saturated rings. The molecule has 0 saturated carbocycles. The first-order chi connectivity index (χ1) is 16.7. The second kappa shape index (κ2) is 10.4. The van der Waals surface area contributed by atoms with Gasteiger partial charge in [0.15, 0.2) is 5.90 Å². The van der Waals surface area contributed by atoms with E-state index in [1.165, 1.54) is 10.5 Å². The number of hydrogen-bond donors (Lipinski definition) is 0. The summed E-state index contributed by atoms with van der Waals surface area (Å²) in [6.07, 6.45) is 5.12. The van der Waals surface area contributed by atoms with E-state index in [9.17, 15) is 0 Å². The second-order valence-corrected chi connectivity index (χ2v) is 9.70. The van der Waals surface area contributed by atoms with Crippen LogP contribution >= 0.6 is 23.4 Å². The van der Waals surface area contributed by atoms with Gasteiger partial charge < -0.3 is 14.2 Å². The highest BCUT2D eigenvalue weighted by atomic mass is 35.5. The summed E-state index contributed by atoms with van der Waals surface area (Å²) in [6, 6.07) is 18.7. The van der Waals surface area contributed by atoms with Crippen LogP contribution in [0.2, 0.25) is 5.15 Å². The summed E-state index contributed by atoms with van der Waals surface area (Å²) in [5.41, 5.74) is 4.39. The molecule has 0 aliphatic carbocycles. The fourth-order valence-electron chi connectivity index (χ4n) is 4.63. The van der Waals surface area contributed by atoms with Gasteiger partial charge in [0.05, 0.1) is 13.2 Å². The predicted molar refractivity (Wildman–Crippen MR) is 136 cm³/mol. The summed E-state index contributed by atoms with van der Waals surface area (Å²) in [7, 11) is 1.70. The van der Waals surface area contributed by atoms with Gasteiger partial charge in [-0.15, -0.1) is 11.8 Å². The van der Waals surface area contributed by atoms with E-state index in [0.717, 1.165) is 35.5 Å². The van der Waals surface area contributed by atoms with E-state index in [1.54, 1.807) is 25.1 Å². The summed E-state index contributed by atoms with van der Waals surface area (Å²) in [6.45, 7) is 1.21. The molecule has 3 aromatic rings. The van der Waals surface area contributed by atoms with E-state index in [0.29, 0.717) is 24.1 Å². The number of aliphatic imine (C=N–C) groups is 1. The van der Waals surface area contributed by atoms with Crippen molar-refractivity contribution < 1.29 is 14.2 Å². The first-order valence-corrected chi connectivity index (χ1v) is 13.0. The van der Waals surface area contributed by atoms with E-state index in [4.69, 9.17) is 30.8 Å². The van der Waals surface area contributed by atoms with Crippen LogP contribution in [0, 0.1) is 0 Å². The Morgan fingerprint density at radius 2 is 2.03 bits per heavy atom. The van der Waals surface area contributed by atoms with Crippen molar-refractivity contribution in [2.24, 2.45) is 4.99 Å². The van der Waals surface area contributed by atoms with E-state index in [1.807, 2.05) is 12.1 Å². The molecule has 2 aliphatic rings. The fourth-order valence-corrected chi connectivity index (χ4v) is 5.29. The minimum Gasteiger partial charge on any atom is -0.493 e. The van der Waals surface area contributed by atoms with Crippen molar-refractivity contribution in [2.45, 2.75) is 35.8 Å². The molecule has 3 heterocycles. The molecule has 3 atom stereocenters. The molecule has 0 N–H and O–H groups in total. The van der Waals surface area contributed by atoms with Crippen molar-refractivity contribution in [1.29, 1.82) is 0 Å². The van der Waals surface area contributed by atoms with Gasteiger partial charge in [0, 0.05) is 37.0 Å². The number of pyridine rings is 1. The lowest BCUT2D eigenvalue weighted by atomic mass is 9.88. The topological polar surface area (TPSA) is 52.9 Å². The molecule has 5 rings (SSSR count). The van der Waals surface area contributed by atoms with Crippen LogP contribution in [-0.4, -0.2) is 43.5 Å². The quantitative estimate of drug-likeness (QED) is 0.280. The molecule has 0 bridgehead atoms. The molecule has 0 saturated heterocycles. The lowest BCUT2D eigenvalue weighted by molar-refractivity contribution is 0.118. The van der Waals surface area contributed by atoms with Crippen LogP contribution in [-0.2, 0) is 15.9 Å². The first-order valence-electron chi connectivity index (χ1n) is 11.4. The molecule has 0 radical (unpaired) electrons. The minimum absolute atomic E-state index is 0.0599. The lowest BCUT2D eigenvalue weighted by Crippen LogP contribution is -2.19. The average Bonchev–Trinajstić information content (AvgIpc) is 3.50. The minimum atomic E-state index is -0.181. The molecule has 0 spiro atoms. The second-order valence-electron chi connectivity index (χ2n) is 8.46. The summed E-state index contributed by atoms with van der Waals surface area (Å²) in [4.78, 5) is 10.5. The SMILES string of the molecule is COC[C@@H]1N=C(C[C@@H](c2ccc3c(c2)OCC3)c2cccnc2Cl)O[C@H]1c1ccc(SC)cc1. The molecule has 2 aliphatic heterocycles. The Labute approximate surface area is 209 Å². The summed E-state index contributed by atoms with van der Waals surface area (Å²) in [5, 5.41) is 0.491. The maximum absolute atomic E-state index is 6.56. The number of benzene rings is 2. The van der Waals surface area contributed by atoms with Crippen molar-refractivity contribution in [1.82, 2.24) is 4.98 Å². The Bertz CT molecular complexity index is 1180. The van der Waals surface area contributed by atoms with Gasteiger partial charge in [0.1, 0.15) is 23.0 Å². The molecular weight excluding hydrogens is 468 g/mol. The Morgan fingerprint density at radius 3 is 2.79 bits per heavy atom. The van der Waals surface area contributed by atoms with Crippen LogP contribution in [0.4, 0.5) is 0 Å². The highest BCUT2D eigenvalue weighted by Gasteiger charge is 2.34. The van der Waals surface area contributed by atoms with Crippen LogP contribution in [0.1, 0.15) is 40.7 Å². The molecular formula is C27H27ClN2O3S. The molecule has 7 heteroatoms. The molecule has 0 unspecified atom stereocenters. The highest BCUT2D eigenvalue weighted by Crippen LogP contribution is 2.39. The third-order valence-electron chi connectivity index (χ3n) is 6.37. The summed E-state index contributed by atoms with van der Waals surface area (Å²) < 4.78 is 17.8. The van der Waals surface area contributed by atoms with Crippen molar-refractivity contribution >= 4 is 29.3 Å². The normalized spacial score (nSPS) is 19.8. The number of aromatic nitrogens is 1. The van der Waals surface area contributed by atoms with E-state index >= 15 is 0 Å². The Kier molecular flexibility index (Phi) is 7.09. The number of fused-ring (bicyclic) bond motifs is 1. The number of thioether (sulfide) groups is 1. The summed E-state index contributed by atoms with van der Waals surface area (Å²) >= 11 is 8.28. The van der Waals surface area contributed by atoms with E-state index < -0.39 is 0 Å². The zero-order chi connectivity index (χ0) is 23.5. The number of methoxy groups -OCH3 is 1. The number of hydrogen-bond acceptors (Lipinski definition) is 6. The van der Waals surface area contributed by atoms with Crippen LogP contribution < -0.4 is 4.74 Å². The molecule has 176 valence electrons. The summed E-state index contributed by atoms with van der Waals surface area (Å²) in [5.74, 6) is 1.59. The van der Waals surface area contributed by atoms with Gasteiger partial charge in [0.25, 0.3) is 0 Å². The Morgan fingerprint density at radius 1 is 1.18 bits per heavy atom. The number of halogens is 1. The van der Waals surface area contributed by atoms with Crippen LogP contribution in [0.25, 0.3) is 0 Å². The predicted octanol–water partition coefficient (Wildman–Crippen LogP) is 6.10. The molecule has 34 heavy (non-hydrogen) atoms. The zero-order valence-corrected chi connectivity index (χ0v) is 20.8. The van der Waals surface area contributed by atoms with Crippen molar-refractivity contribution in [2.75, 3.05) is 26.6 Å². The monoisotopic (exact) mass is 494 g/mol. The molecule has 1 aromatic heterocycles. The third kappa shape index (κ3) is 4.81. The van der Waals surface area contributed by atoms with Gasteiger partial charge in [-0.05, 0) is 52.8 Å². The maximum atomic E-state index is 6.56. The zero-order valence-electron chi connectivity index (χ0n) is 19.2. The van der Waals surface area contributed by atoms with Crippen LogP contribution in [0.5, 0.6) is 5.75 Å². The van der Waals surface area contributed by atoms with E-state index in [-0.39, 0.29) is 18.1 Å². The number of ether oxygens (including phenoxy) is 3. The standard InChI is InChI=1S/C27H27ClN2O3S/c1-31-16-23-26(18-7-9-20(34-2)10-8-18)33-25(30-23)15-22(21-4-3-12-29-27(21)28)19-6-5-17-11-13-32-24(17)14-19/h3-10,12,14,22-23,26H,11,13,15-16H2,1-2H3/t22-,23-,26-/m0/s1. The van der Waals surface area contributed by atoms with Gasteiger partial charge in [-0.3, -0.25) is 0 Å². The Hall–Kier alpha value is -2.54. The molecule has 5 nitrogen and oxygen atoms in total. The van der Waals surface area contributed by atoms with Crippen molar-refractivity contribution in [3.63, 3.8) is 0 Å². The average molecular weight is 495 g/mol. The largest absolute Gasteiger partial charge is 0.493 e. The molecule has 2 aromatic carbocycles. The first kappa shape index (κ1) is 23.2. The van der Waals surface area contributed by atoms with Gasteiger partial charge in [-0.25, -0.2) is 9.98 Å². The Balaban J connectivity index is 1.45. The van der Waals surface area contributed by atoms with Gasteiger partial charge in [-0.1, -0.05) is 41.9 Å². The van der Waals surface area contributed by atoms with Crippen LogP contribution in [0.3, 0.4) is 0 Å². The van der Waals surface area contributed by atoms with Gasteiger partial charge in [-0.2, -0.15) is 0 Å². The molecule has 0 amide bonds.